The molecule has 0 aromatic heterocycles. The SMILES string of the molecule is C=C/C(=C\C(=C)/C=C/c1ccccc1SC)N(C)C. The van der Waals surface area contributed by atoms with Crippen LogP contribution in [0.2, 0.25) is 0 Å². The maximum Gasteiger partial charge on any atom is 0.0360 e. The van der Waals surface area contributed by atoms with E-state index in [2.05, 4.69) is 43.7 Å². The molecule has 0 atom stereocenters. The highest BCUT2D eigenvalue weighted by atomic mass is 32.2. The van der Waals surface area contributed by atoms with Crippen molar-refractivity contribution in [3.63, 3.8) is 0 Å². The number of hydrogen-bond acceptors (Lipinski definition) is 2. The molecule has 100 valence electrons. The summed E-state index contributed by atoms with van der Waals surface area (Å²) in [5, 5.41) is 0. The average molecular weight is 271 g/mol. The van der Waals surface area contributed by atoms with Gasteiger partial charge in [0.05, 0.1) is 0 Å². The van der Waals surface area contributed by atoms with Gasteiger partial charge in [-0.2, -0.15) is 0 Å². The Kier molecular flexibility index (Phi) is 6.23. The van der Waals surface area contributed by atoms with E-state index in [9.17, 15) is 0 Å². The number of benzene rings is 1. The van der Waals surface area contributed by atoms with Gasteiger partial charge in [-0.25, -0.2) is 0 Å². The lowest BCUT2D eigenvalue weighted by Gasteiger charge is -2.13. The number of hydrogen-bond donors (Lipinski definition) is 0. The van der Waals surface area contributed by atoms with Crippen molar-refractivity contribution >= 4 is 17.8 Å². The number of likely N-dealkylation sites (N-methyl/N-ethyl adjacent to an activating group) is 1. The molecule has 0 aliphatic rings. The monoisotopic (exact) mass is 271 g/mol. The summed E-state index contributed by atoms with van der Waals surface area (Å²) in [5.41, 5.74) is 3.22. The highest BCUT2D eigenvalue weighted by Crippen LogP contribution is 2.21. The molecule has 0 fully saturated rings. The third-order valence-electron chi connectivity index (χ3n) is 2.67. The van der Waals surface area contributed by atoms with Crippen molar-refractivity contribution < 1.29 is 0 Å². The van der Waals surface area contributed by atoms with Crippen LogP contribution in [0.3, 0.4) is 0 Å². The normalized spacial score (nSPS) is 11.6. The van der Waals surface area contributed by atoms with Gasteiger partial charge in [-0.05, 0) is 35.6 Å². The summed E-state index contributed by atoms with van der Waals surface area (Å²) in [7, 11) is 3.99. The van der Waals surface area contributed by atoms with Crippen molar-refractivity contribution in [1.82, 2.24) is 4.90 Å². The van der Waals surface area contributed by atoms with Crippen molar-refractivity contribution in [1.29, 1.82) is 0 Å². The first-order chi connectivity index (χ1) is 9.08. The molecule has 0 spiro atoms. The summed E-state index contributed by atoms with van der Waals surface area (Å²) >= 11 is 1.75. The van der Waals surface area contributed by atoms with E-state index in [1.807, 2.05) is 43.3 Å². The minimum atomic E-state index is 0.958. The molecule has 0 amide bonds. The third-order valence-corrected chi connectivity index (χ3v) is 3.49. The predicted octanol–water partition coefficient (Wildman–Crippen LogP) is 4.61. The van der Waals surface area contributed by atoms with Gasteiger partial charge in [0.25, 0.3) is 0 Å². The molecule has 1 rings (SSSR count). The molecule has 0 saturated heterocycles. The van der Waals surface area contributed by atoms with E-state index in [4.69, 9.17) is 0 Å². The lowest BCUT2D eigenvalue weighted by Crippen LogP contribution is -2.08. The summed E-state index contributed by atoms with van der Waals surface area (Å²) in [6, 6.07) is 8.34. The predicted molar refractivity (Wildman–Crippen MR) is 88.4 cm³/mol. The van der Waals surface area contributed by atoms with Crippen molar-refractivity contribution in [2.75, 3.05) is 20.4 Å². The van der Waals surface area contributed by atoms with E-state index in [1.54, 1.807) is 11.8 Å². The number of allylic oxidation sites excluding steroid dienone is 4. The summed E-state index contributed by atoms with van der Waals surface area (Å²) in [6.45, 7) is 7.85. The first-order valence-electron chi connectivity index (χ1n) is 6.10. The van der Waals surface area contributed by atoms with Crippen molar-refractivity contribution in [2.24, 2.45) is 0 Å². The largest absolute Gasteiger partial charge is 0.378 e. The molecule has 0 saturated carbocycles. The van der Waals surface area contributed by atoms with E-state index >= 15 is 0 Å². The van der Waals surface area contributed by atoms with Crippen LogP contribution in [-0.4, -0.2) is 25.3 Å². The molecule has 0 unspecified atom stereocenters. The summed E-state index contributed by atoms with van der Waals surface area (Å²) in [6.07, 6.45) is 10.1. The van der Waals surface area contributed by atoms with Crippen LogP contribution < -0.4 is 0 Å². The van der Waals surface area contributed by atoms with Gasteiger partial charge < -0.3 is 4.90 Å². The maximum atomic E-state index is 4.05. The molecule has 1 nitrogen and oxygen atoms in total. The maximum absolute atomic E-state index is 4.05. The van der Waals surface area contributed by atoms with Crippen LogP contribution in [0.5, 0.6) is 0 Å². The molecule has 0 N–H and O–H groups in total. The Morgan fingerprint density at radius 1 is 1.26 bits per heavy atom. The molecule has 0 aliphatic carbocycles. The quantitative estimate of drug-likeness (QED) is 0.549. The summed E-state index contributed by atoms with van der Waals surface area (Å²) in [5.74, 6) is 0. The molecule has 1 aromatic rings. The zero-order valence-corrected chi connectivity index (χ0v) is 12.7. The van der Waals surface area contributed by atoms with Crippen molar-refractivity contribution in [2.45, 2.75) is 4.90 Å². The van der Waals surface area contributed by atoms with Crippen LogP contribution >= 0.6 is 11.8 Å². The highest BCUT2D eigenvalue weighted by Gasteiger charge is 1.97. The van der Waals surface area contributed by atoms with Gasteiger partial charge in [-0.1, -0.05) is 43.5 Å². The third kappa shape index (κ3) is 4.84. The molecular weight excluding hydrogens is 250 g/mol. The second-order valence-corrected chi connectivity index (χ2v) is 5.17. The van der Waals surface area contributed by atoms with Crippen molar-refractivity contribution in [3.8, 4) is 0 Å². The smallest absolute Gasteiger partial charge is 0.0360 e. The number of nitrogens with zero attached hydrogens (tertiary/aromatic N) is 1. The zero-order valence-electron chi connectivity index (χ0n) is 11.9. The first kappa shape index (κ1) is 15.4. The van der Waals surface area contributed by atoms with Crippen molar-refractivity contribution in [3.05, 3.63) is 72.5 Å². The van der Waals surface area contributed by atoms with Crippen LogP contribution in [0.1, 0.15) is 5.56 Å². The van der Waals surface area contributed by atoms with E-state index in [-0.39, 0.29) is 0 Å². The Morgan fingerprint density at radius 3 is 2.53 bits per heavy atom. The first-order valence-corrected chi connectivity index (χ1v) is 7.32. The fraction of sp³-hybridized carbons (Fsp3) is 0.176. The van der Waals surface area contributed by atoms with Crippen LogP contribution in [0, 0.1) is 0 Å². The Hall–Kier alpha value is -1.67. The Bertz CT molecular complexity index is 510. The van der Waals surface area contributed by atoms with Gasteiger partial charge >= 0.3 is 0 Å². The van der Waals surface area contributed by atoms with Gasteiger partial charge in [0, 0.05) is 24.7 Å². The van der Waals surface area contributed by atoms with Crippen LogP contribution in [0.25, 0.3) is 6.08 Å². The van der Waals surface area contributed by atoms with E-state index < -0.39 is 0 Å². The second-order valence-electron chi connectivity index (χ2n) is 4.32. The Labute approximate surface area is 121 Å². The minimum absolute atomic E-state index is 0.958. The molecule has 0 heterocycles. The van der Waals surface area contributed by atoms with Crippen LogP contribution in [0.4, 0.5) is 0 Å². The fourth-order valence-corrected chi connectivity index (χ4v) is 2.20. The van der Waals surface area contributed by atoms with E-state index in [0.29, 0.717) is 0 Å². The molecule has 19 heavy (non-hydrogen) atoms. The van der Waals surface area contributed by atoms with Gasteiger partial charge in [0.1, 0.15) is 0 Å². The van der Waals surface area contributed by atoms with E-state index in [0.717, 1.165) is 11.3 Å². The van der Waals surface area contributed by atoms with Crippen LogP contribution in [-0.2, 0) is 0 Å². The Morgan fingerprint density at radius 2 is 1.95 bits per heavy atom. The molecule has 0 aliphatic heterocycles. The van der Waals surface area contributed by atoms with Gasteiger partial charge in [0.2, 0.25) is 0 Å². The topological polar surface area (TPSA) is 3.24 Å². The lowest BCUT2D eigenvalue weighted by atomic mass is 10.1. The molecule has 0 bridgehead atoms. The van der Waals surface area contributed by atoms with Crippen LogP contribution in [0.15, 0.2) is 71.8 Å². The zero-order chi connectivity index (χ0) is 14.3. The number of rotatable bonds is 6. The average Bonchev–Trinajstić information content (AvgIpc) is 2.42. The van der Waals surface area contributed by atoms with E-state index in [1.165, 1.54) is 10.5 Å². The van der Waals surface area contributed by atoms with Gasteiger partial charge in [0.15, 0.2) is 0 Å². The fourth-order valence-electron chi connectivity index (χ4n) is 1.61. The second kappa shape index (κ2) is 7.70. The van der Waals surface area contributed by atoms with Gasteiger partial charge in [-0.15, -0.1) is 11.8 Å². The summed E-state index contributed by atoms with van der Waals surface area (Å²) < 4.78 is 0. The van der Waals surface area contributed by atoms with Gasteiger partial charge in [-0.3, -0.25) is 0 Å². The standard InChI is InChI=1S/C17H21NS/c1-6-16(18(3)4)13-14(2)11-12-15-9-7-8-10-17(15)19-5/h6-13H,1-2H2,3-5H3/b12-11+,16-13+. The molecule has 1 aromatic carbocycles. The molecule has 2 heteroatoms. The minimum Gasteiger partial charge on any atom is -0.378 e. The summed E-state index contributed by atoms with van der Waals surface area (Å²) in [4.78, 5) is 3.29. The highest BCUT2D eigenvalue weighted by molar-refractivity contribution is 7.98. The number of thioether (sulfide) groups is 1. The Balaban J connectivity index is 2.87. The molecular formula is C17H21NS. The molecule has 0 radical (unpaired) electrons. The lowest BCUT2D eigenvalue weighted by molar-refractivity contribution is 0.530.